The van der Waals surface area contributed by atoms with Crippen LogP contribution in [0.15, 0.2) is 54.6 Å². The van der Waals surface area contributed by atoms with E-state index < -0.39 is 0 Å². The molecule has 0 radical (unpaired) electrons. The van der Waals surface area contributed by atoms with Crippen LogP contribution in [0.2, 0.25) is 0 Å². The second-order valence-corrected chi connectivity index (χ2v) is 9.19. The summed E-state index contributed by atoms with van der Waals surface area (Å²) >= 11 is 1.44. The zero-order chi connectivity index (χ0) is 22.1. The Balaban J connectivity index is 1.22. The fourth-order valence-corrected chi connectivity index (χ4v) is 4.51. The zero-order valence-corrected chi connectivity index (χ0v) is 18.5. The number of ether oxygens (including phenoxy) is 2. The molecule has 0 spiro atoms. The van der Waals surface area contributed by atoms with E-state index in [4.69, 9.17) is 9.47 Å². The van der Waals surface area contributed by atoms with Gasteiger partial charge < -0.3 is 20.1 Å². The summed E-state index contributed by atoms with van der Waals surface area (Å²) < 4.78 is 11.2. The van der Waals surface area contributed by atoms with E-state index in [0.717, 1.165) is 46.0 Å². The third-order valence-electron chi connectivity index (χ3n) is 5.63. The Morgan fingerprint density at radius 3 is 2.47 bits per heavy atom. The van der Waals surface area contributed by atoms with Gasteiger partial charge in [-0.3, -0.25) is 9.59 Å². The smallest absolute Gasteiger partial charge is 0.261 e. The van der Waals surface area contributed by atoms with Crippen molar-refractivity contribution in [2.24, 2.45) is 5.92 Å². The molecule has 0 saturated heterocycles. The Morgan fingerprint density at radius 2 is 1.72 bits per heavy atom. The van der Waals surface area contributed by atoms with Crippen LogP contribution in [0.25, 0.3) is 10.4 Å². The van der Waals surface area contributed by atoms with E-state index in [1.54, 1.807) is 0 Å². The van der Waals surface area contributed by atoms with Crippen LogP contribution in [0.5, 0.6) is 11.5 Å². The lowest BCUT2D eigenvalue weighted by atomic mass is 10.1. The molecule has 1 atom stereocenters. The summed E-state index contributed by atoms with van der Waals surface area (Å²) in [7, 11) is 0. The van der Waals surface area contributed by atoms with Crippen LogP contribution in [-0.2, 0) is 4.79 Å². The van der Waals surface area contributed by atoms with E-state index in [2.05, 4.69) is 10.6 Å². The molecule has 1 unspecified atom stereocenters. The lowest BCUT2D eigenvalue weighted by Crippen LogP contribution is -2.25. The Morgan fingerprint density at radius 1 is 0.969 bits per heavy atom. The number of rotatable bonds is 6. The Bertz CT molecular complexity index is 1150. The second-order valence-electron chi connectivity index (χ2n) is 8.10. The lowest BCUT2D eigenvalue weighted by Gasteiger charge is -2.18. The maximum Gasteiger partial charge on any atom is 0.261 e. The van der Waals surface area contributed by atoms with E-state index in [1.807, 2.05) is 61.5 Å². The number of hydrogen-bond acceptors (Lipinski definition) is 5. The first-order valence-corrected chi connectivity index (χ1v) is 11.6. The van der Waals surface area contributed by atoms with Gasteiger partial charge in [-0.25, -0.2) is 0 Å². The van der Waals surface area contributed by atoms with Gasteiger partial charge in [0, 0.05) is 16.5 Å². The van der Waals surface area contributed by atoms with Crippen molar-refractivity contribution < 1.29 is 19.1 Å². The van der Waals surface area contributed by atoms with Crippen LogP contribution >= 0.6 is 11.3 Å². The van der Waals surface area contributed by atoms with Crippen LogP contribution in [0.1, 0.15) is 41.0 Å². The Kier molecular flexibility index (Phi) is 5.57. The fourth-order valence-electron chi connectivity index (χ4n) is 3.61. The molecule has 2 heterocycles. The van der Waals surface area contributed by atoms with Gasteiger partial charge in [0.25, 0.3) is 5.91 Å². The first kappa shape index (κ1) is 20.6. The number of nitrogens with one attached hydrogen (secondary N) is 2. The average Bonchev–Trinajstić information content (AvgIpc) is 3.55. The van der Waals surface area contributed by atoms with E-state index in [-0.39, 0.29) is 23.8 Å². The van der Waals surface area contributed by atoms with Crippen LogP contribution < -0.4 is 20.1 Å². The molecular weight excluding hydrogens is 424 g/mol. The third-order valence-corrected chi connectivity index (χ3v) is 6.76. The summed E-state index contributed by atoms with van der Waals surface area (Å²) in [6.45, 7) is 3.05. The summed E-state index contributed by atoms with van der Waals surface area (Å²) in [6.07, 6.45) is 1.96. The molecule has 164 valence electrons. The predicted molar refractivity (Wildman–Crippen MR) is 124 cm³/mol. The van der Waals surface area contributed by atoms with Crippen LogP contribution in [0.3, 0.4) is 0 Å². The minimum absolute atomic E-state index is 0.0885. The maximum absolute atomic E-state index is 12.8. The number of fused-ring (bicyclic) bond motifs is 1. The number of benzene rings is 2. The highest BCUT2D eigenvalue weighted by atomic mass is 32.1. The first-order chi connectivity index (χ1) is 15.6. The minimum atomic E-state index is -0.157. The highest BCUT2D eigenvalue weighted by molar-refractivity contribution is 7.17. The number of carbonyl (C=O) groups is 2. The molecule has 7 heteroatoms. The SMILES string of the molecule is CC(NC(=O)c1ccc(-c2ccc3c(c2)OCCO3)s1)c1ccc(NC(=O)C2CC2)cc1. The van der Waals surface area contributed by atoms with Gasteiger partial charge in [-0.05, 0) is 73.4 Å². The zero-order valence-electron chi connectivity index (χ0n) is 17.7. The fraction of sp³-hybridized carbons (Fsp3) is 0.280. The van der Waals surface area contributed by atoms with Crippen molar-refractivity contribution in [3.05, 3.63) is 65.0 Å². The number of carbonyl (C=O) groups excluding carboxylic acids is 2. The van der Waals surface area contributed by atoms with Gasteiger partial charge in [-0.2, -0.15) is 0 Å². The second kappa shape index (κ2) is 8.67. The largest absolute Gasteiger partial charge is 0.486 e. The Labute approximate surface area is 190 Å². The van der Waals surface area contributed by atoms with Crippen molar-refractivity contribution >= 4 is 28.8 Å². The first-order valence-electron chi connectivity index (χ1n) is 10.8. The van der Waals surface area contributed by atoms with Crippen molar-refractivity contribution in [3.8, 4) is 21.9 Å². The van der Waals surface area contributed by atoms with Crippen molar-refractivity contribution in [3.63, 3.8) is 0 Å². The van der Waals surface area contributed by atoms with E-state index >= 15 is 0 Å². The van der Waals surface area contributed by atoms with E-state index in [9.17, 15) is 9.59 Å². The maximum atomic E-state index is 12.8. The summed E-state index contributed by atoms with van der Waals surface area (Å²) in [5.41, 5.74) is 2.76. The van der Waals surface area contributed by atoms with Crippen molar-refractivity contribution in [1.82, 2.24) is 5.32 Å². The van der Waals surface area contributed by atoms with Gasteiger partial charge in [-0.15, -0.1) is 11.3 Å². The van der Waals surface area contributed by atoms with Gasteiger partial charge in [0.2, 0.25) is 5.91 Å². The normalized spacial score (nSPS) is 15.7. The minimum Gasteiger partial charge on any atom is -0.486 e. The van der Waals surface area contributed by atoms with Crippen LogP contribution in [0.4, 0.5) is 5.69 Å². The molecule has 1 aliphatic carbocycles. The highest BCUT2D eigenvalue weighted by Crippen LogP contribution is 2.37. The van der Waals surface area contributed by atoms with E-state index in [1.165, 1.54) is 11.3 Å². The Hall–Kier alpha value is -3.32. The molecule has 2 aliphatic rings. The van der Waals surface area contributed by atoms with Gasteiger partial charge in [-0.1, -0.05) is 12.1 Å². The molecule has 1 saturated carbocycles. The molecule has 1 aromatic heterocycles. The summed E-state index contributed by atoms with van der Waals surface area (Å²) in [6, 6.07) is 17.1. The van der Waals surface area contributed by atoms with Crippen molar-refractivity contribution in [2.75, 3.05) is 18.5 Å². The summed E-state index contributed by atoms with van der Waals surface area (Å²) in [4.78, 5) is 26.3. The average molecular weight is 449 g/mol. The molecule has 1 fully saturated rings. The highest BCUT2D eigenvalue weighted by Gasteiger charge is 2.29. The molecule has 0 bridgehead atoms. The molecule has 2 N–H and O–H groups in total. The number of amides is 2. The van der Waals surface area contributed by atoms with Crippen molar-refractivity contribution in [2.45, 2.75) is 25.8 Å². The summed E-state index contributed by atoms with van der Waals surface area (Å²) in [5, 5.41) is 5.99. The monoisotopic (exact) mass is 448 g/mol. The number of hydrogen-bond donors (Lipinski definition) is 2. The molecule has 3 aromatic rings. The molecule has 2 amide bonds. The molecule has 6 nitrogen and oxygen atoms in total. The quantitative estimate of drug-likeness (QED) is 0.555. The van der Waals surface area contributed by atoms with Gasteiger partial charge in [0.1, 0.15) is 13.2 Å². The predicted octanol–water partition coefficient (Wildman–Crippen LogP) is 5.03. The number of thiophene rings is 1. The third kappa shape index (κ3) is 4.48. The molecule has 5 rings (SSSR count). The van der Waals surface area contributed by atoms with Crippen LogP contribution in [0, 0.1) is 5.92 Å². The van der Waals surface area contributed by atoms with E-state index in [0.29, 0.717) is 18.1 Å². The molecule has 1 aliphatic heterocycles. The van der Waals surface area contributed by atoms with Crippen molar-refractivity contribution in [1.29, 1.82) is 0 Å². The topological polar surface area (TPSA) is 76.7 Å². The van der Waals surface area contributed by atoms with Gasteiger partial charge >= 0.3 is 0 Å². The summed E-state index contributed by atoms with van der Waals surface area (Å²) in [5.74, 6) is 1.63. The molecule has 2 aromatic carbocycles. The molecule has 32 heavy (non-hydrogen) atoms. The lowest BCUT2D eigenvalue weighted by molar-refractivity contribution is -0.117. The molecular formula is C25H24N2O4S. The van der Waals surface area contributed by atoms with Gasteiger partial charge in [0.05, 0.1) is 10.9 Å². The standard InChI is InChI=1S/C25H24N2O4S/c1-15(16-4-7-19(8-5-16)27-24(28)17-2-3-17)26-25(29)23-11-10-22(32-23)18-6-9-20-21(14-18)31-13-12-30-20/h4-11,14-15,17H,2-3,12-13H2,1H3,(H,26,29)(H,27,28). The van der Waals surface area contributed by atoms with Gasteiger partial charge in [0.15, 0.2) is 11.5 Å². The number of anilines is 1. The van der Waals surface area contributed by atoms with Crippen LogP contribution in [-0.4, -0.2) is 25.0 Å².